The van der Waals surface area contributed by atoms with Gasteiger partial charge in [-0.2, -0.15) is 0 Å². The molecule has 0 heterocycles. The fourth-order valence-corrected chi connectivity index (χ4v) is 5.53. The number of benzene rings is 3. The first-order valence-corrected chi connectivity index (χ1v) is 13.9. The highest BCUT2D eigenvalue weighted by molar-refractivity contribution is 8.00. The topological polar surface area (TPSA) is 49.4 Å². The van der Waals surface area contributed by atoms with Crippen molar-refractivity contribution in [2.75, 3.05) is 5.75 Å². The van der Waals surface area contributed by atoms with E-state index in [1.54, 1.807) is 4.90 Å². The van der Waals surface area contributed by atoms with Gasteiger partial charge >= 0.3 is 0 Å². The standard InChI is InChI=1S/C31H36N2O2S/c1-24-17-19-28(20-18-24)36-23-30(34)33(22-26-13-7-3-8-14-26)29(21-25-11-5-2-6-12-25)31(35)32-27-15-9-4-10-16-27/h2-3,5-8,11-14,17-20,27,29H,4,9-10,15-16,21-23H2,1H3,(H,32,35). The average Bonchev–Trinajstić information content (AvgIpc) is 2.92. The summed E-state index contributed by atoms with van der Waals surface area (Å²) in [5.74, 6) is 0.220. The maximum Gasteiger partial charge on any atom is 0.243 e. The summed E-state index contributed by atoms with van der Waals surface area (Å²) in [7, 11) is 0. The Balaban J connectivity index is 1.58. The average molecular weight is 501 g/mol. The van der Waals surface area contributed by atoms with E-state index in [2.05, 4.69) is 24.4 Å². The zero-order chi connectivity index (χ0) is 25.2. The van der Waals surface area contributed by atoms with Gasteiger partial charge in [0.2, 0.25) is 11.8 Å². The van der Waals surface area contributed by atoms with Gasteiger partial charge in [0, 0.05) is 23.9 Å². The molecule has 0 saturated heterocycles. The van der Waals surface area contributed by atoms with Gasteiger partial charge in [-0.3, -0.25) is 9.59 Å². The first-order chi connectivity index (χ1) is 17.6. The van der Waals surface area contributed by atoms with Crippen LogP contribution >= 0.6 is 11.8 Å². The second-order valence-corrected chi connectivity index (χ2v) is 10.7. The quantitative estimate of drug-likeness (QED) is 0.338. The van der Waals surface area contributed by atoms with Crippen LogP contribution in [-0.4, -0.2) is 34.6 Å². The lowest BCUT2D eigenvalue weighted by molar-refractivity contribution is -0.139. The van der Waals surface area contributed by atoms with Crippen molar-refractivity contribution in [2.45, 2.75) is 69.0 Å². The van der Waals surface area contributed by atoms with Crippen molar-refractivity contribution < 1.29 is 9.59 Å². The molecule has 2 amide bonds. The van der Waals surface area contributed by atoms with Crippen LogP contribution in [0.1, 0.15) is 48.8 Å². The molecule has 0 aromatic heterocycles. The summed E-state index contributed by atoms with van der Waals surface area (Å²) in [5, 5.41) is 3.30. The molecule has 0 radical (unpaired) electrons. The van der Waals surface area contributed by atoms with E-state index in [9.17, 15) is 9.59 Å². The van der Waals surface area contributed by atoms with E-state index in [0.29, 0.717) is 13.0 Å². The van der Waals surface area contributed by atoms with Crippen LogP contribution in [-0.2, 0) is 22.6 Å². The molecule has 1 saturated carbocycles. The summed E-state index contributed by atoms with van der Waals surface area (Å²) in [6.07, 6.45) is 6.05. The predicted octanol–water partition coefficient (Wildman–Crippen LogP) is 6.18. The van der Waals surface area contributed by atoms with Crippen molar-refractivity contribution in [3.05, 3.63) is 102 Å². The van der Waals surface area contributed by atoms with Crippen LogP contribution in [0.15, 0.2) is 89.8 Å². The first-order valence-electron chi connectivity index (χ1n) is 13.0. The molecule has 1 atom stereocenters. The van der Waals surface area contributed by atoms with E-state index in [-0.39, 0.29) is 23.6 Å². The summed E-state index contributed by atoms with van der Waals surface area (Å²) in [6, 6.07) is 27.8. The van der Waals surface area contributed by atoms with E-state index in [4.69, 9.17) is 0 Å². The van der Waals surface area contributed by atoms with Gasteiger partial charge in [-0.1, -0.05) is 97.6 Å². The lowest BCUT2D eigenvalue weighted by Crippen LogP contribution is -2.53. The van der Waals surface area contributed by atoms with Gasteiger partial charge in [-0.15, -0.1) is 11.8 Å². The van der Waals surface area contributed by atoms with Crippen LogP contribution in [0.4, 0.5) is 0 Å². The Morgan fingerprint density at radius 2 is 1.47 bits per heavy atom. The lowest BCUT2D eigenvalue weighted by atomic mass is 9.94. The summed E-state index contributed by atoms with van der Waals surface area (Å²) in [6.45, 7) is 2.46. The lowest BCUT2D eigenvalue weighted by Gasteiger charge is -2.33. The van der Waals surface area contributed by atoms with Crippen molar-refractivity contribution in [3.8, 4) is 0 Å². The second kappa shape index (κ2) is 13.3. The number of hydrogen-bond donors (Lipinski definition) is 1. The first kappa shape index (κ1) is 26.0. The molecule has 1 unspecified atom stereocenters. The number of thioether (sulfide) groups is 1. The molecule has 4 rings (SSSR count). The molecule has 1 aliphatic carbocycles. The molecule has 3 aromatic carbocycles. The highest BCUT2D eigenvalue weighted by Gasteiger charge is 2.31. The van der Waals surface area contributed by atoms with Gasteiger partial charge in [0.25, 0.3) is 0 Å². The molecule has 1 fully saturated rings. The minimum Gasteiger partial charge on any atom is -0.352 e. The number of hydrogen-bond acceptors (Lipinski definition) is 3. The SMILES string of the molecule is Cc1ccc(SCC(=O)N(Cc2ccccc2)C(Cc2ccccc2)C(=O)NC2CCCCC2)cc1. The molecule has 0 spiro atoms. The molecule has 36 heavy (non-hydrogen) atoms. The van der Waals surface area contributed by atoms with Crippen LogP contribution in [0.3, 0.4) is 0 Å². The number of nitrogens with one attached hydrogen (secondary N) is 1. The van der Waals surface area contributed by atoms with Crippen LogP contribution in [0.5, 0.6) is 0 Å². The minimum absolute atomic E-state index is 0.0239. The Labute approximate surface area is 219 Å². The summed E-state index contributed by atoms with van der Waals surface area (Å²) >= 11 is 1.52. The highest BCUT2D eigenvalue weighted by atomic mass is 32.2. The zero-order valence-electron chi connectivity index (χ0n) is 21.1. The highest BCUT2D eigenvalue weighted by Crippen LogP contribution is 2.23. The second-order valence-electron chi connectivity index (χ2n) is 9.66. The smallest absolute Gasteiger partial charge is 0.243 e. The van der Waals surface area contributed by atoms with Gasteiger partial charge < -0.3 is 10.2 Å². The fourth-order valence-electron chi connectivity index (χ4n) is 4.74. The van der Waals surface area contributed by atoms with Gasteiger partial charge in [-0.25, -0.2) is 0 Å². The summed E-state index contributed by atoms with van der Waals surface area (Å²) < 4.78 is 0. The Kier molecular flexibility index (Phi) is 9.62. The third-order valence-corrected chi connectivity index (χ3v) is 7.80. The number of carbonyl (C=O) groups is 2. The molecular weight excluding hydrogens is 464 g/mol. The molecule has 1 N–H and O–H groups in total. The van der Waals surface area contributed by atoms with Crippen molar-refractivity contribution in [1.82, 2.24) is 10.2 Å². The number of carbonyl (C=O) groups excluding carboxylic acids is 2. The molecule has 188 valence electrons. The molecule has 4 nitrogen and oxygen atoms in total. The zero-order valence-corrected chi connectivity index (χ0v) is 21.9. The molecule has 3 aromatic rings. The minimum atomic E-state index is -0.569. The Hall–Kier alpha value is -3.05. The van der Waals surface area contributed by atoms with E-state index < -0.39 is 6.04 Å². The Morgan fingerprint density at radius 1 is 0.861 bits per heavy atom. The molecular formula is C31H36N2O2S. The number of nitrogens with zero attached hydrogens (tertiary/aromatic N) is 1. The maximum absolute atomic E-state index is 13.8. The molecule has 0 aliphatic heterocycles. The van der Waals surface area contributed by atoms with Crippen molar-refractivity contribution in [3.63, 3.8) is 0 Å². The van der Waals surface area contributed by atoms with Gasteiger partial charge in [0.15, 0.2) is 0 Å². The normalized spacial score (nSPS) is 14.7. The van der Waals surface area contributed by atoms with E-state index in [0.717, 1.165) is 41.7 Å². The van der Waals surface area contributed by atoms with Crippen molar-refractivity contribution in [2.24, 2.45) is 0 Å². The summed E-state index contributed by atoms with van der Waals surface area (Å²) in [4.78, 5) is 30.3. The molecule has 5 heteroatoms. The van der Waals surface area contributed by atoms with E-state index in [1.165, 1.54) is 23.7 Å². The molecule has 0 bridgehead atoms. The largest absolute Gasteiger partial charge is 0.352 e. The number of aryl methyl sites for hydroxylation is 1. The number of rotatable bonds is 10. The van der Waals surface area contributed by atoms with Crippen LogP contribution < -0.4 is 5.32 Å². The Morgan fingerprint density at radius 3 is 2.11 bits per heavy atom. The van der Waals surface area contributed by atoms with Crippen LogP contribution in [0.25, 0.3) is 0 Å². The van der Waals surface area contributed by atoms with Crippen LogP contribution in [0, 0.1) is 6.92 Å². The fraction of sp³-hybridized carbons (Fsp3) is 0.355. The van der Waals surface area contributed by atoms with Gasteiger partial charge in [0.1, 0.15) is 6.04 Å². The van der Waals surface area contributed by atoms with Gasteiger partial charge in [0.05, 0.1) is 5.75 Å². The monoisotopic (exact) mass is 500 g/mol. The summed E-state index contributed by atoms with van der Waals surface area (Å²) in [5.41, 5.74) is 3.27. The van der Waals surface area contributed by atoms with Crippen molar-refractivity contribution >= 4 is 23.6 Å². The molecule has 1 aliphatic rings. The Bertz CT molecular complexity index is 1100. The maximum atomic E-state index is 13.8. The van der Waals surface area contributed by atoms with Crippen LogP contribution in [0.2, 0.25) is 0 Å². The van der Waals surface area contributed by atoms with Gasteiger partial charge in [-0.05, 0) is 43.0 Å². The van der Waals surface area contributed by atoms with Crippen molar-refractivity contribution in [1.29, 1.82) is 0 Å². The number of amides is 2. The van der Waals surface area contributed by atoms with E-state index >= 15 is 0 Å². The third-order valence-electron chi connectivity index (χ3n) is 6.80. The van der Waals surface area contributed by atoms with E-state index in [1.807, 2.05) is 72.8 Å². The predicted molar refractivity (Wildman–Crippen MR) is 148 cm³/mol. The third kappa shape index (κ3) is 7.72.